The highest BCUT2D eigenvalue weighted by Crippen LogP contribution is 2.38. The van der Waals surface area contributed by atoms with Crippen molar-refractivity contribution in [2.24, 2.45) is 0 Å². The zero-order chi connectivity index (χ0) is 22.0. The summed E-state index contributed by atoms with van der Waals surface area (Å²) in [6.45, 7) is 7.22. The fraction of sp³-hybridized carbons (Fsp3) is 0.227. The minimum absolute atomic E-state index is 0.136. The van der Waals surface area contributed by atoms with Gasteiger partial charge in [-0.3, -0.25) is 9.29 Å². The molecule has 0 atom stereocenters. The Kier molecular flexibility index (Phi) is 6.36. The second-order valence-electron chi connectivity index (χ2n) is 7.17. The van der Waals surface area contributed by atoms with Crippen molar-refractivity contribution < 1.29 is 21.9 Å². The molecule has 3 rings (SSSR count). The summed E-state index contributed by atoms with van der Waals surface area (Å²) in [5.41, 5.74) is 3.29. The highest BCUT2D eigenvalue weighted by atomic mass is 32.2. The van der Waals surface area contributed by atoms with Gasteiger partial charge in [-0.2, -0.15) is 0 Å². The van der Waals surface area contributed by atoms with Gasteiger partial charge in [0.2, 0.25) is 10.9 Å². The summed E-state index contributed by atoms with van der Waals surface area (Å²) in [6.07, 6.45) is 0. The van der Waals surface area contributed by atoms with Crippen LogP contribution >= 0.6 is 0 Å². The first-order valence-corrected chi connectivity index (χ1v) is 10.4. The lowest BCUT2D eigenvalue weighted by Gasteiger charge is -2.23. The van der Waals surface area contributed by atoms with E-state index in [1.54, 1.807) is 32.0 Å². The summed E-state index contributed by atoms with van der Waals surface area (Å²) in [5.74, 6) is -1.37. The van der Waals surface area contributed by atoms with Crippen LogP contribution in [0.1, 0.15) is 25.2 Å². The van der Waals surface area contributed by atoms with E-state index >= 15 is 0 Å². The molecule has 0 radical (unpaired) electrons. The van der Waals surface area contributed by atoms with Crippen LogP contribution in [0.2, 0.25) is 0 Å². The smallest absolute Gasteiger partial charge is 0.225 e. The fourth-order valence-electron chi connectivity index (χ4n) is 3.22. The summed E-state index contributed by atoms with van der Waals surface area (Å²) < 4.78 is 58.0. The molecule has 2 aromatic carbocycles. The number of rotatable bonds is 6. The summed E-state index contributed by atoms with van der Waals surface area (Å²) >= 11 is 0. The summed E-state index contributed by atoms with van der Waals surface area (Å²) in [6, 6.07) is 11.3. The van der Waals surface area contributed by atoms with Crippen molar-refractivity contribution in [1.82, 2.24) is 4.98 Å². The fourth-order valence-corrected chi connectivity index (χ4v) is 3.91. The Hall–Kier alpha value is -3.00. The molecule has 0 bridgehead atoms. The normalized spacial score (nSPS) is 11.2. The molecule has 3 aromatic rings. The number of hydrogen-bond acceptors (Lipinski definition) is 4. The van der Waals surface area contributed by atoms with Crippen LogP contribution in [0.4, 0.5) is 14.5 Å². The van der Waals surface area contributed by atoms with Crippen molar-refractivity contribution in [1.29, 1.82) is 0 Å². The van der Waals surface area contributed by atoms with Gasteiger partial charge < -0.3 is 4.74 Å². The number of thiol groups is 1. The lowest BCUT2D eigenvalue weighted by molar-refractivity contribution is 0.439. The van der Waals surface area contributed by atoms with E-state index in [4.69, 9.17) is 4.74 Å². The molecule has 0 amide bonds. The molecule has 5 nitrogen and oxygen atoms in total. The molecule has 0 saturated carbocycles. The minimum atomic E-state index is -2.86. The Morgan fingerprint density at radius 2 is 1.57 bits per heavy atom. The van der Waals surface area contributed by atoms with E-state index < -0.39 is 22.5 Å². The first kappa shape index (κ1) is 21.7. The van der Waals surface area contributed by atoms with E-state index in [-0.39, 0.29) is 11.8 Å². The van der Waals surface area contributed by atoms with Crippen LogP contribution in [0.3, 0.4) is 0 Å². The number of benzene rings is 2. The van der Waals surface area contributed by atoms with E-state index in [1.807, 2.05) is 26.0 Å². The first-order chi connectivity index (χ1) is 14.2. The van der Waals surface area contributed by atoms with Crippen LogP contribution in [-0.2, 0) is 10.9 Å². The van der Waals surface area contributed by atoms with Crippen LogP contribution in [-0.4, -0.2) is 19.4 Å². The van der Waals surface area contributed by atoms with E-state index in [0.29, 0.717) is 17.0 Å². The summed E-state index contributed by atoms with van der Waals surface area (Å²) in [4.78, 5) is 4.36. The number of anilines is 1. The molecule has 0 aliphatic carbocycles. The van der Waals surface area contributed by atoms with Crippen molar-refractivity contribution in [2.45, 2.75) is 33.7 Å². The molecule has 0 unspecified atom stereocenters. The molecule has 0 fully saturated rings. The number of hydrogen-bond donors (Lipinski definition) is 1. The molecule has 30 heavy (non-hydrogen) atoms. The largest absolute Gasteiger partial charge is 0.454 e. The maximum absolute atomic E-state index is 14.2. The Bertz CT molecular complexity index is 1130. The molecule has 0 aliphatic rings. The predicted molar refractivity (Wildman–Crippen MR) is 114 cm³/mol. The third kappa shape index (κ3) is 4.76. The molecule has 0 N–H and O–H groups in total. The Labute approximate surface area is 176 Å². The van der Waals surface area contributed by atoms with Gasteiger partial charge in [0, 0.05) is 29.1 Å². The van der Waals surface area contributed by atoms with Crippen LogP contribution in [0.25, 0.3) is 11.1 Å². The number of nitrogens with zero attached hydrogens (tertiary/aromatic N) is 2. The maximum atomic E-state index is 14.2. The average molecular weight is 432 g/mol. The monoisotopic (exact) mass is 432 g/mol. The van der Waals surface area contributed by atoms with Crippen LogP contribution in [0, 0.1) is 25.5 Å². The van der Waals surface area contributed by atoms with Gasteiger partial charge in [0.05, 0.1) is 5.69 Å². The Morgan fingerprint density at radius 3 is 2.13 bits per heavy atom. The van der Waals surface area contributed by atoms with Crippen molar-refractivity contribution in [3.05, 3.63) is 71.6 Å². The standard InChI is InChI=1S/C22H22F2N2O3S/c1-13(2)26(30(27)28)18-6-8-21(29-22-7-5-17(23)11-20(22)24)19(12-18)16-9-14(3)25-15(4)10-16/h5-13,30H,1-4H3. The molecule has 0 saturated heterocycles. The van der Waals surface area contributed by atoms with E-state index in [1.165, 1.54) is 10.4 Å². The first-order valence-electron chi connectivity index (χ1n) is 9.32. The molecule has 158 valence electrons. The third-order valence-electron chi connectivity index (χ3n) is 4.40. The lowest BCUT2D eigenvalue weighted by Crippen LogP contribution is -2.28. The van der Waals surface area contributed by atoms with Crippen LogP contribution in [0.5, 0.6) is 11.5 Å². The van der Waals surface area contributed by atoms with E-state index in [0.717, 1.165) is 29.1 Å². The minimum Gasteiger partial charge on any atom is -0.454 e. The second kappa shape index (κ2) is 8.79. The predicted octanol–water partition coefficient (Wildman–Crippen LogP) is 5.18. The second-order valence-corrected chi connectivity index (χ2v) is 8.08. The molecular formula is C22H22F2N2O3S. The highest BCUT2D eigenvalue weighted by molar-refractivity contribution is 7.74. The number of aryl methyl sites for hydroxylation is 2. The SMILES string of the molecule is Cc1cc(-c2cc(N(C(C)C)[SH](=O)=O)ccc2Oc2ccc(F)cc2F)cc(C)n1. The molecule has 0 aliphatic heterocycles. The van der Waals surface area contributed by atoms with Crippen molar-refractivity contribution in [3.63, 3.8) is 0 Å². The van der Waals surface area contributed by atoms with Gasteiger partial charge in [-0.25, -0.2) is 17.2 Å². The van der Waals surface area contributed by atoms with Crippen molar-refractivity contribution in [3.8, 4) is 22.6 Å². The van der Waals surface area contributed by atoms with Gasteiger partial charge in [0.25, 0.3) is 0 Å². The highest BCUT2D eigenvalue weighted by Gasteiger charge is 2.18. The van der Waals surface area contributed by atoms with Gasteiger partial charge in [-0.05, 0) is 75.7 Å². The van der Waals surface area contributed by atoms with Gasteiger partial charge in [0.15, 0.2) is 11.6 Å². The van der Waals surface area contributed by atoms with E-state index in [2.05, 4.69) is 4.98 Å². The molecule has 1 heterocycles. The maximum Gasteiger partial charge on any atom is 0.225 e. The lowest BCUT2D eigenvalue weighted by atomic mass is 10.0. The van der Waals surface area contributed by atoms with Gasteiger partial charge >= 0.3 is 0 Å². The van der Waals surface area contributed by atoms with Crippen LogP contribution in [0.15, 0.2) is 48.5 Å². The third-order valence-corrected chi connectivity index (χ3v) is 5.44. The van der Waals surface area contributed by atoms with Gasteiger partial charge in [-0.15, -0.1) is 0 Å². The van der Waals surface area contributed by atoms with E-state index in [9.17, 15) is 17.2 Å². The van der Waals surface area contributed by atoms with Crippen LogP contribution < -0.4 is 9.04 Å². The molecule has 8 heteroatoms. The molecular weight excluding hydrogens is 410 g/mol. The topological polar surface area (TPSA) is 59.5 Å². The van der Waals surface area contributed by atoms with Gasteiger partial charge in [0.1, 0.15) is 11.6 Å². The number of pyridine rings is 1. The van der Waals surface area contributed by atoms with Crippen molar-refractivity contribution >= 4 is 16.6 Å². The zero-order valence-electron chi connectivity index (χ0n) is 17.0. The Morgan fingerprint density at radius 1 is 0.933 bits per heavy atom. The number of ether oxygens (including phenoxy) is 1. The summed E-state index contributed by atoms with van der Waals surface area (Å²) in [7, 11) is -2.86. The number of aromatic nitrogens is 1. The quantitative estimate of drug-likeness (QED) is 0.546. The molecule has 1 aromatic heterocycles. The van der Waals surface area contributed by atoms with Gasteiger partial charge in [-0.1, -0.05) is 0 Å². The summed E-state index contributed by atoms with van der Waals surface area (Å²) in [5, 5.41) is 0. The van der Waals surface area contributed by atoms with Crippen molar-refractivity contribution in [2.75, 3.05) is 4.31 Å². The number of halogens is 2. The zero-order valence-corrected chi connectivity index (χ0v) is 17.9. The molecule has 0 spiro atoms. The Balaban J connectivity index is 2.18. The average Bonchev–Trinajstić information content (AvgIpc) is 2.63.